The van der Waals surface area contributed by atoms with Crippen LogP contribution in [0.2, 0.25) is 0 Å². The number of aromatic nitrogens is 1. The van der Waals surface area contributed by atoms with Crippen molar-refractivity contribution < 1.29 is 18.7 Å². The summed E-state index contributed by atoms with van der Waals surface area (Å²) in [4.78, 5) is 26.6. The van der Waals surface area contributed by atoms with Crippen LogP contribution in [0.25, 0.3) is 0 Å². The quantitative estimate of drug-likeness (QED) is 0.803. The SMILES string of the molecule is Cc1cc(=O)c(C(=O)NC(C)C(O)c2ccc(F)c(F)c2)c[nH]1. The van der Waals surface area contributed by atoms with Gasteiger partial charge in [-0.25, -0.2) is 8.78 Å². The summed E-state index contributed by atoms with van der Waals surface area (Å²) in [7, 11) is 0. The molecule has 0 aliphatic heterocycles. The Balaban J connectivity index is 2.14. The predicted molar refractivity (Wildman–Crippen MR) is 80.0 cm³/mol. The Labute approximate surface area is 131 Å². The number of pyridine rings is 1. The summed E-state index contributed by atoms with van der Waals surface area (Å²) in [5.74, 6) is -2.78. The molecule has 1 aromatic heterocycles. The number of nitrogens with one attached hydrogen (secondary N) is 2. The predicted octanol–water partition coefficient (Wildman–Crippen LogP) is 1.81. The van der Waals surface area contributed by atoms with Crippen LogP contribution in [0.15, 0.2) is 35.3 Å². The van der Waals surface area contributed by atoms with Crippen molar-refractivity contribution in [3.8, 4) is 0 Å². The van der Waals surface area contributed by atoms with Gasteiger partial charge in [0.2, 0.25) is 0 Å². The van der Waals surface area contributed by atoms with Gasteiger partial charge in [0.25, 0.3) is 5.91 Å². The molecule has 5 nitrogen and oxygen atoms in total. The van der Waals surface area contributed by atoms with Gasteiger partial charge in [0, 0.05) is 18.0 Å². The molecule has 2 aromatic rings. The van der Waals surface area contributed by atoms with Crippen molar-refractivity contribution in [3.63, 3.8) is 0 Å². The van der Waals surface area contributed by atoms with E-state index in [1.807, 2.05) is 0 Å². The molecule has 0 aliphatic rings. The van der Waals surface area contributed by atoms with E-state index in [2.05, 4.69) is 10.3 Å². The number of carbonyl (C=O) groups is 1. The van der Waals surface area contributed by atoms with Gasteiger partial charge >= 0.3 is 0 Å². The number of H-pyrrole nitrogens is 1. The maximum absolute atomic E-state index is 13.2. The molecule has 0 saturated heterocycles. The Kier molecular flexibility index (Phi) is 4.90. The Bertz CT molecular complexity index is 789. The fraction of sp³-hybridized carbons (Fsp3) is 0.250. The number of aliphatic hydroxyl groups excluding tert-OH is 1. The second-order valence-corrected chi connectivity index (χ2v) is 5.27. The van der Waals surface area contributed by atoms with E-state index < -0.39 is 35.1 Å². The molecule has 23 heavy (non-hydrogen) atoms. The van der Waals surface area contributed by atoms with Crippen molar-refractivity contribution in [1.29, 1.82) is 0 Å². The van der Waals surface area contributed by atoms with E-state index in [-0.39, 0.29) is 11.1 Å². The van der Waals surface area contributed by atoms with Crippen LogP contribution in [0.3, 0.4) is 0 Å². The van der Waals surface area contributed by atoms with Gasteiger partial charge in [-0.15, -0.1) is 0 Å². The van der Waals surface area contributed by atoms with Gasteiger partial charge in [0.15, 0.2) is 17.1 Å². The third-order valence-electron chi connectivity index (χ3n) is 3.42. The Hall–Kier alpha value is -2.54. The molecule has 0 radical (unpaired) electrons. The fourth-order valence-corrected chi connectivity index (χ4v) is 2.10. The van der Waals surface area contributed by atoms with Crippen molar-refractivity contribution >= 4 is 5.91 Å². The van der Waals surface area contributed by atoms with E-state index >= 15 is 0 Å². The standard InChI is InChI=1S/C16H16F2N2O3/c1-8-5-14(21)11(7-19-8)16(23)20-9(2)15(22)10-3-4-12(17)13(18)6-10/h3-7,9,15,22H,1-2H3,(H,19,21)(H,20,23). The highest BCUT2D eigenvalue weighted by atomic mass is 19.2. The highest BCUT2D eigenvalue weighted by Gasteiger charge is 2.21. The van der Waals surface area contributed by atoms with Gasteiger partial charge in [-0.1, -0.05) is 6.07 Å². The minimum Gasteiger partial charge on any atom is -0.386 e. The topological polar surface area (TPSA) is 82.2 Å². The van der Waals surface area contributed by atoms with Crippen LogP contribution < -0.4 is 10.7 Å². The molecule has 0 aliphatic carbocycles. The van der Waals surface area contributed by atoms with E-state index in [1.165, 1.54) is 25.3 Å². The summed E-state index contributed by atoms with van der Waals surface area (Å²) in [6.45, 7) is 3.17. The zero-order valence-electron chi connectivity index (χ0n) is 12.6. The molecule has 0 bridgehead atoms. The molecule has 7 heteroatoms. The van der Waals surface area contributed by atoms with Gasteiger partial charge in [-0.3, -0.25) is 9.59 Å². The number of benzene rings is 1. The number of aliphatic hydroxyl groups is 1. The van der Waals surface area contributed by atoms with Gasteiger partial charge in [-0.2, -0.15) is 0 Å². The van der Waals surface area contributed by atoms with E-state index in [9.17, 15) is 23.5 Å². The molecule has 1 heterocycles. The summed E-state index contributed by atoms with van der Waals surface area (Å²) < 4.78 is 26.1. The monoisotopic (exact) mass is 322 g/mol. The number of aromatic amines is 1. The lowest BCUT2D eigenvalue weighted by Gasteiger charge is -2.20. The third kappa shape index (κ3) is 3.81. The smallest absolute Gasteiger partial charge is 0.257 e. The van der Waals surface area contributed by atoms with Crippen molar-refractivity contribution in [2.75, 3.05) is 0 Å². The van der Waals surface area contributed by atoms with Gasteiger partial charge in [0.05, 0.1) is 12.1 Å². The second kappa shape index (κ2) is 6.70. The largest absolute Gasteiger partial charge is 0.386 e. The number of rotatable bonds is 4. The lowest BCUT2D eigenvalue weighted by Crippen LogP contribution is -2.39. The molecule has 3 N–H and O–H groups in total. The van der Waals surface area contributed by atoms with Crippen molar-refractivity contribution in [3.05, 3.63) is 69.1 Å². The van der Waals surface area contributed by atoms with E-state index in [0.717, 1.165) is 12.1 Å². The van der Waals surface area contributed by atoms with Crippen LogP contribution in [0.4, 0.5) is 8.78 Å². The highest BCUT2D eigenvalue weighted by molar-refractivity contribution is 5.94. The average molecular weight is 322 g/mol. The Morgan fingerprint density at radius 1 is 1.26 bits per heavy atom. The first-order chi connectivity index (χ1) is 10.8. The van der Waals surface area contributed by atoms with Gasteiger partial charge < -0.3 is 15.4 Å². The van der Waals surface area contributed by atoms with Crippen LogP contribution in [0, 0.1) is 18.6 Å². The summed E-state index contributed by atoms with van der Waals surface area (Å²) in [5.41, 5.74) is 0.184. The zero-order chi connectivity index (χ0) is 17.1. The molecule has 1 aromatic carbocycles. The first-order valence-electron chi connectivity index (χ1n) is 6.93. The second-order valence-electron chi connectivity index (χ2n) is 5.27. The fourth-order valence-electron chi connectivity index (χ4n) is 2.10. The van der Waals surface area contributed by atoms with Gasteiger partial charge in [0.1, 0.15) is 5.56 Å². The van der Waals surface area contributed by atoms with Crippen LogP contribution in [-0.2, 0) is 0 Å². The number of aryl methyl sites for hydroxylation is 1. The maximum Gasteiger partial charge on any atom is 0.257 e. The van der Waals surface area contributed by atoms with Crippen molar-refractivity contribution in [2.24, 2.45) is 0 Å². The number of amides is 1. The lowest BCUT2D eigenvalue weighted by molar-refractivity contribution is 0.0850. The molecule has 0 spiro atoms. The molecule has 1 amide bonds. The first-order valence-corrected chi connectivity index (χ1v) is 6.93. The first kappa shape index (κ1) is 16.8. The molecule has 2 unspecified atom stereocenters. The maximum atomic E-state index is 13.2. The molecule has 0 saturated carbocycles. The van der Waals surface area contributed by atoms with E-state index in [1.54, 1.807) is 6.92 Å². The molecule has 2 atom stereocenters. The minimum absolute atomic E-state index is 0.0973. The highest BCUT2D eigenvalue weighted by Crippen LogP contribution is 2.19. The van der Waals surface area contributed by atoms with Crippen LogP contribution in [0.1, 0.15) is 34.6 Å². The van der Waals surface area contributed by atoms with Crippen LogP contribution in [-0.4, -0.2) is 22.0 Å². The number of carbonyl (C=O) groups excluding carboxylic acids is 1. The van der Waals surface area contributed by atoms with Crippen molar-refractivity contribution in [2.45, 2.75) is 26.0 Å². The number of halogens is 2. The Morgan fingerprint density at radius 2 is 1.96 bits per heavy atom. The Morgan fingerprint density at radius 3 is 2.57 bits per heavy atom. The molecular formula is C16H16F2N2O3. The normalized spacial score (nSPS) is 13.4. The van der Waals surface area contributed by atoms with E-state index in [4.69, 9.17) is 0 Å². The molecule has 0 fully saturated rings. The molecule has 2 rings (SSSR count). The summed E-state index contributed by atoms with van der Waals surface area (Å²) in [6.07, 6.45) is 0.0301. The van der Waals surface area contributed by atoms with E-state index in [0.29, 0.717) is 5.69 Å². The summed E-state index contributed by atoms with van der Waals surface area (Å²) in [6, 6.07) is 3.46. The minimum atomic E-state index is -1.25. The molecule has 122 valence electrons. The summed E-state index contributed by atoms with van der Waals surface area (Å²) in [5, 5.41) is 12.6. The average Bonchev–Trinajstić information content (AvgIpc) is 2.49. The number of hydrogen-bond acceptors (Lipinski definition) is 3. The van der Waals surface area contributed by atoms with Crippen LogP contribution in [0.5, 0.6) is 0 Å². The van der Waals surface area contributed by atoms with Crippen molar-refractivity contribution in [1.82, 2.24) is 10.3 Å². The van der Waals surface area contributed by atoms with Crippen LogP contribution >= 0.6 is 0 Å². The van der Waals surface area contributed by atoms with Gasteiger partial charge in [-0.05, 0) is 31.5 Å². The summed E-state index contributed by atoms with van der Waals surface area (Å²) >= 11 is 0. The number of hydrogen-bond donors (Lipinski definition) is 3. The zero-order valence-corrected chi connectivity index (χ0v) is 12.6. The molecular weight excluding hydrogens is 306 g/mol. The lowest BCUT2D eigenvalue weighted by atomic mass is 10.0. The third-order valence-corrected chi connectivity index (χ3v) is 3.42.